The molecule has 0 radical (unpaired) electrons. The van der Waals surface area contributed by atoms with Crippen LogP contribution in [-0.4, -0.2) is 34.8 Å². The highest BCUT2D eigenvalue weighted by Crippen LogP contribution is 2.25. The number of halogens is 2. The second kappa shape index (κ2) is 9.11. The van der Waals surface area contributed by atoms with Crippen LogP contribution in [0.25, 0.3) is 10.9 Å². The summed E-state index contributed by atoms with van der Waals surface area (Å²) in [5.41, 5.74) is 0.815. The summed E-state index contributed by atoms with van der Waals surface area (Å²) in [6.07, 6.45) is 0.651. The van der Waals surface area contributed by atoms with E-state index in [1.54, 1.807) is 36.4 Å². The number of aromatic amines is 1. The number of H-pyrrole nitrogens is 1. The molecule has 3 aromatic rings. The predicted octanol–water partition coefficient (Wildman–Crippen LogP) is 4.33. The van der Waals surface area contributed by atoms with Gasteiger partial charge in [0.05, 0.1) is 16.3 Å². The number of rotatable bonds is 6. The van der Waals surface area contributed by atoms with Crippen molar-refractivity contribution in [3.8, 4) is 0 Å². The molecule has 0 unspecified atom stereocenters. The topological polar surface area (TPSA) is 82.3 Å². The molecule has 150 valence electrons. The first-order chi connectivity index (χ1) is 13.9. The van der Waals surface area contributed by atoms with Gasteiger partial charge in [0.15, 0.2) is 0 Å². The molecule has 6 nitrogen and oxygen atoms in total. The summed E-state index contributed by atoms with van der Waals surface area (Å²) in [5.74, 6) is -0.799. The summed E-state index contributed by atoms with van der Waals surface area (Å²) in [4.78, 5) is 41.8. The molecule has 29 heavy (non-hydrogen) atoms. The SMILES string of the molecule is CCCN(CC(=O)Nc1cc(Cl)ccc1Cl)C(=O)c1cc(=O)[nH]c2ccccc12. The van der Waals surface area contributed by atoms with Gasteiger partial charge in [0, 0.05) is 28.5 Å². The standard InChI is InChI=1S/C21H19Cl2N3O3/c1-2-9-26(12-20(28)25-18-10-13(22)7-8-16(18)23)21(29)15-11-19(27)24-17-6-4-3-5-14(15)17/h3-8,10-11H,2,9,12H2,1H3,(H,24,27)(H,25,28). The van der Waals surface area contributed by atoms with Gasteiger partial charge in [0.25, 0.3) is 5.91 Å². The first kappa shape index (κ1) is 20.9. The molecule has 0 fully saturated rings. The number of carbonyl (C=O) groups is 2. The number of hydrogen-bond acceptors (Lipinski definition) is 3. The molecule has 1 aromatic heterocycles. The van der Waals surface area contributed by atoms with Gasteiger partial charge >= 0.3 is 0 Å². The molecule has 0 spiro atoms. The molecule has 1 heterocycles. The zero-order valence-corrected chi connectivity index (χ0v) is 17.2. The minimum Gasteiger partial charge on any atom is -0.329 e. The lowest BCUT2D eigenvalue weighted by Crippen LogP contribution is -2.39. The van der Waals surface area contributed by atoms with Crippen LogP contribution in [0, 0.1) is 0 Å². The van der Waals surface area contributed by atoms with Crippen molar-refractivity contribution in [3.63, 3.8) is 0 Å². The maximum Gasteiger partial charge on any atom is 0.255 e. The Morgan fingerprint density at radius 1 is 1.10 bits per heavy atom. The van der Waals surface area contributed by atoms with Gasteiger partial charge in [-0.25, -0.2) is 0 Å². The Balaban J connectivity index is 1.86. The third-order valence-electron chi connectivity index (χ3n) is 4.30. The number of nitrogens with zero attached hydrogens (tertiary/aromatic N) is 1. The third-order valence-corrected chi connectivity index (χ3v) is 4.86. The highest BCUT2D eigenvalue weighted by Gasteiger charge is 2.21. The van der Waals surface area contributed by atoms with Crippen LogP contribution < -0.4 is 10.9 Å². The number of carbonyl (C=O) groups excluding carboxylic acids is 2. The van der Waals surface area contributed by atoms with Gasteiger partial charge in [0.2, 0.25) is 11.5 Å². The van der Waals surface area contributed by atoms with Crippen LogP contribution in [0.1, 0.15) is 23.7 Å². The Bertz CT molecular complexity index is 1130. The first-order valence-electron chi connectivity index (χ1n) is 9.05. The number of benzene rings is 2. The lowest BCUT2D eigenvalue weighted by molar-refractivity contribution is -0.116. The Kier molecular flexibility index (Phi) is 6.56. The summed E-state index contributed by atoms with van der Waals surface area (Å²) in [6, 6.07) is 13.0. The summed E-state index contributed by atoms with van der Waals surface area (Å²) in [6.45, 7) is 2.08. The molecule has 8 heteroatoms. The number of hydrogen-bond donors (Lipinski definition) is 2. The Hall–Kier alpha value is -2.83. The van der Waals surface area contributed by atoms with E-state index in [2.05, 4.69) is 10.3 Å². The molecule has 2 N–H and O–H groups in total. The Morgan fingerprint density at radius 2 is 1.86 bits per heavy atom. The van der Waals surface area contributed by atoms with Crippen molar-refractivity contribution in [2.75, 3.05) is 18.4 Å². The van der Waals surface area contributed by atoms with Gasteiger partial charge in [0.1, 0.15) is 6.54 Å². The predicted molar refractivity (Wildman–Crippen MR) is 116 cm³/mol. The maximum atomic E-state index is 13.2. The lowest BCUT2D eigenvalue weighted by Gasteiger charge is -2.22. The van der Waals surface area contributed by atoms with E-state index < -0.39 is 5.91 Å². The highest BCUT2D eigenvalue weighted by molar-refractivity contribution is 6.35. The summed E-state index contributed by atoms with van der Waals surface area (Å²) in [7, 11) is 0. The van der Waals surface area contributed by atoms with Crippen LogP contribution in [0.2, 0.25) is 10.0 Å². The van der Waals surface area contributed by atoms with E-state index in [0.717, 1.165) is 0 Å². The van der Waals surface area contributed by atoms with E-state index in [0.29, 0.717) is 39.6 Å². The van der Waals surface area contributed by atoms with E-state index in [1.807, 2.05) is 6.92 Å². The number of fused-ring (bicyclic) bond motifs is 1. The van der Waals surface area contributed by atoms with Crippen LogP contribution >= 0.6 is 23.2 Å². The number of aromatic nitrogens is 1. The van der Waals surface area contributed by atoms with E-state index >= 15 is 0 Å². The molecule has 0 aliphatic heterocycles. The molecule has 0 aliphatic carbocycles. The summed E-state index contributed by atoms with van der Waals surface area (Å²) < 4.78 is 0. The van der Waals surface area contributed by atoms with Crippen molar-refractivity contribution in [3.05, 3.63) is 74.5 Å². The summed E-state index contributed by atoms with van der Waals surface area (Å²) >= 11 is 12.0. The molecule has 0 bridgehead atoms. The van der Waals surface area contributed by atoms with Crippen molar-refractivity contribution in [1.82, 2.24) is 9.88 Å². The minimum atomic E-state index is -0.412. The molecule has 2 amide bonds. The molecule has 0 atom stereocenters. The minimum absolute atomic E-state index is 0.184. The average molecular weight is 432 g/mol. The average Bonchev–Trinajstić information content (AvgIpc) is 2.69. The molecule has 0 aliphatic rings. The van der Waals surface area contributed by atoms with Gasteiger partial charge < -0.3 is 15.2 Å². The van der Waals surface area contributed by atoms with Gasteiger partial charge in [-0.2, -0.15) is 0 Å². The van der Waals surface area contributed by atoms with Crippen LogP contribution in [0.15, 0.2) is 53.3 Å². The maximum absolute atomic E-state index is 13.2. The molecular weight excluding hydrogens is 413 g/mol. The fourth-order valence-electron chi connectivity index (χ4n) is 3.03. The van der Waals surface area contributed by atoms with Crippen molar-refractivity contribution < 1.29 is 9.59 Å². The van der Waals surface area contributed by atoms with Crippen molar-refractivity contribution in [1.29, 1.82) is 0 Å². The van der Waals surface area contributed by atoms with Crippen LogP contribution in [0.4, 0.5) is 5.69 Å². The van der Waals surface area contributed by atoms with Crippen LogP contribution in [0.5, 0.6) is 0 Å². The van der Waals surface area contributed by atoms with E-state index in [9.17, 15) is 14.4 Å². The smallest absolute Gasteiger partial charge is 0.255 e. The lowest BCUT2D eigenvalue weighted by atomic mass is 10.1. The van der Waals surface area contributed by atoms with E-state index in [1.165, 1.54) is 17.0 Å². The number of pyridine rings is 1. The zero-order chi connectivity index (χ0) is 21.0. The number of anilines is 1. The Labute approximate surface area is 177 Å². The largest absolute Gasteiger partial charge is 0.329 e. The van der Waals surface area contributed by atoms with Gasteiger partial charge in [-0.05, 0) is 30.7 Å². The number of para-hydroxylation sites is 1. The second-order valence-electron chi connectivity index (χ2n) is 6.49. The molecule has 0 saturated heterocycles. The van der Waals surface area contributed by atoms with Gasteiger partial charge in [-0.1, -0.05) is 48.3 Å². The van der Waals surface area contributed by atoms with Crippen molar-refractivity contribution in [2.45, 2.75) is 13.3 Å². The molecular formula is C21H19Cl2N3O3. The molecule has 0 saturated carbocycles. The van der Waals surface area contributed by atoms with Crippen molar-refractivity contribution >= 4 is 51.6 Å². The molecule has 3 rings (SSSR count). The number of amides is 2. The van der Waals surface area contributed by atoms with E-state index in [-0.39, 0.29) is 23.6 Å². The second-order valence-corrected chi connectivity index (χ2v) is 7.34. The van der Waals surface area contributed by atoms with E-state index in [4.69, 9.17) is 23.2 Å². The van der Waals surface area contributed by atoms with Gasteiger partial charge in [-0.3, -0.25) is 14.4 Å². The third kappa shape index (κ3) is 4.96. The van der Waals surface area contributed by atoms with Gasteiger partial charge in [-0.15, -0.1) is 0 Å². The summed E-state index contributed by atoms with van der Waals surface area (Å²) in [5, 5.41) is 4.08. The number of nitrogens with one attached hydrogen (secondary N) is 2. The normalized spacial score (nSPS) is 10.7. The zero-order valence-electron chi connectivity index (χ0n) is 15.7. The van der Waals surface area contributed by atoms with Crippen molar-refractivity contribution in [2.24, 2.45) is 0 Å². The fourth-order valence-corrected chi connectivity index (χ4v) is 3.37. The molecule has 2 aromatic carbocycles. The Morgan fingerprint density at radius 3 is 2.62 bits per heavy atom. The monoisotopic (exact) mass is 431 g/mol. The fraction of sp³-hybridized carbons (Fsp3) is 0.190. The van der Waals surface area contributed by atoms with Crippen LogP contribution in [0.3, 0.4) is 0 Å². The highest BCUT2D eigenvalue weighted by atomic mass is 35.5. The van der Waals surface area contributed by atoms with Crippen LogP contribution in [-0.2, 0) is 4.79 Å². The first-order valence-corrected chi connectivity index (χ1v) is 9.81. The quantitative estimate of drug-likeness (QED) is 0.609.